The molecule has 0 atom stereocenters. The number of amides is 1. The van der Waals surface area contributed by atoms with Crippen LogP contribution in [0.4, 0.5) is 11.7 Å². The van der Waals surface area contributed by atoms with Crippen molar-refractivity contribution in [1.29, 1.82) is 0 Å². The summed E-state index contributed by atoms with van der Waals surface area (Å²) in [5, 5.41) is 11.2. The summed E-state index contributed by atoms with van der Waals surface area (Å²) in [7, 11) is 0. The minimum absolute atomic E-state index is 0.0662. The molecule has 3 aromatic rings. The Balaban J connectivity index is 1.55. The first kappa shape index (κ1) is 17.6. The van der Waals surface area contributed by atoms with Gasteiger partial charge in [0.2, 0.25) is 0 Å². The van der Waals surface area contributed by atoms with Gasteiger partial charge in [-0.15, -0.1) is 0 Å². The van der Waals surface area contributed by atoms with E-state index < -0.39 is 5.91 Å². The van der Waals surface area contributed by atoms with Crippen LogP contribution in [-0.2, 0) is 0 Å². The van der Waals surface area contributed by atoms with Crippen LogP contribution in [0.15, 0.2) is 41.1 Å². The smallest absolute Gasteiger partial charge is 0.292 e. The maximum Gasteiger partial charge on any atom is 0.292 e. The molecule has 1 saturated heterocycles. The maximum atomic E-state index is 12.3. The molecule has 4 rings (SSSR count). The number of nitrogens with zero attached hydrogens (tertiary/aromatic N) is 3. The number of aromatic nitrogens is 3. The van der Waals surface area contributed by atoms with Gasteiger partial charge >= 0.3 is 0 Å². The molecule has 9 heteroatoms. The van der Waals surface area contributed by atoms with Gasteiger partial charge in [0.05, 0.1) is 22.4 Å². The lowest BCUT2D eigenvalue weighted by Gasteiger charge is -2.22. The Kier molecular flexibility index (Phi) is 4.83. The highest BCUT2D eigenvalue weighted by molar-refractivity contribution is 6.34. The fourth-order valence-corrected chi connectivity index (χ4v) is 3.29. The van der Waals surface area contributed by atoms with Gasteiger partial charge in [-0.2, -0.15) is 10.1 Å². The summed E-state index contributed by atoms with van der Waals surface area (Å²) in [5.74, 6) is -0.449. The first-order chi connectivity index (χ1) is 13.1. The lowest BCUT2D eigenvalue weighted by molar-refractivity contribution is 0.102. The third-order valence-corrected chi connectivity index (χ3v) is 4.89. The number of piperidine rings is 1. The van der Waals surface area contributed by atoms with Gasteiger partial charge in [-0.05, 0) is 44.1 Å². The van der Waals surface area contributed by atoms with E-state index in [1.807, 2.05) is 23.0 Å². The number of oxazole rings is 1. The number of halogens is 1. The molecule has 0 radical (unpaired) electrons. The molecule has 0 spiro atoms. The lowest BCUT2D eigenvalue weighted by atomic mass is 10.1. The van der Waals surface area contributed by atoms with Crippen LogP contribution in [0.2, 0.25) is 5.02 Å². The Bertz CT molecular complexity index is 960. The quantitative estimate of drug-likeness (QED) is 0.635. The highest BCUT2D eigenvalue weighted by atomic mass is 35.5. The van der Waals surface area contributed by atoms with Gasteiger partial charge in [-0.3, -0.25) is 9.48 Å². The van der Waals surface area contributed by atoms with E-state index in [1.54, 1.807) is 12.1 Å². The van der Waals surface area contributed by atoms with Crippen molar-refractivity contribution in [1.82, 2.24) is 20.1 Å². The highest BCUT2D eigenvalue weighted by Crippen LogP contribution is 2.29. The Labute approximate surface area is 160 Å². The van der Waals surface area contributed by atoms with Gasteiger partial charge in [0.15, 0.2) is 5.69 Å². The van der Waals surface area contributed by atoms with Gasteiger partial charge in [0, 0.05) is 11.8 Å². The first-order valence-corrected chi connectivity index (χ1v) is 9.06. The molecule has 27 heavy (non-hydrogen) atoms. The largest absolute Gasteiger partial charge is 0.431 e. The van der Waals surface area contributed by atoms with Crippen LogP contribution in [-0.4, -0.2) is 33.8 Å². The molecule has 1 aliphatic rings. The number of nitrogens with two attached hydrogens (primary N) is 1. The van der Waals surface area contributed by atoms with E-state index in [1.165, 1.54) is 6.26 Å². The summed E-state index contributed by atoms with van der Waals surface area (Å²) in [6.07, 6.45) is 5.31. The summed E-state index contributed by atoms with van der Waals surface area (Å²) in [5.41, 5.74) is 7.65. The van der Waals surface area contributed by atoms with E-state index >= 15 is 0 Å². The summed E-state index contributed by atoms with van der Waals surface area (Å²) in [4.78, 5) is 16.1. The number of rotatable bonds is 4. The molecule has 0 aliphatic carbocycles. The van der Waals surface area contributed by atoms with Crippen molar-refractivity contribution in [3.63, 3.8) is 0 Å². The molecule has 0 unspecified atom stereocenters. The van der Waals surface area contributed by atoms with Crippen LogP contribution in [0.1, 0.15) is 29.4 Å². The van der Waals surface area contributed by atoms with Gasteiger partial charge in [-0.1, -0.05) is 17.7 Å². The van der Waals surface area contributed by atoms with Gasteiger partial charge in [0.1, 0.15) is 6.26 Å². The Morgan fingerprint density at radius 1 is 1.33 bits per heavy atom. The minimum atomic E-state index is -0.449. The number of carbonyl (C=O) groups excluding carboxylic acids is 1. The van der Waals surface area contributed by atoms with Crippen LogP contribution < -0.4 is 16.4 Å². The van der Waals surface area contributed by atoms with Crippen LogP contribution in [0.3, 0.4) is 0 Å². The van der Waals surface area contributed by atoms with Crippen LogP contribution in [0.5, 0.6) is 0 Å². The second-order valence-corrected chi connectivity index (χ2v) is 6.79. The second-order valence-electron chi connectivity index (χ2n) is 6.38. The zero-order valence-electron chi connectivity index (χ0n) is 14.5. The second kappa shape index (κ2) is 7.42. The van der Waals surface area contributed by atoms with E-state index in [9.17, 15) is 4.79 Å². The maximum absolute atomic E-state index is 12.3. The SMILES string of the molecule is Nc1nc(C(=O)Nc2cc(-c3ccn(C4CCNCC4)n3)ccc2Cl)co1. The predicted molar refractivity (Wildman–Crippen MR) is 103 cm³/mol. The van der Waals surface area contributed by atoms with Crippen LogP contribution in [0, 0.1) is 0 Å². The molecule has 2 aromatic heterocycles. The molecule has 0 bridgehead atoms. The predicted octanol–water partition coefficient (Wildman–Crippen LogP) is 2.95. The fraction of sp³-hybridized carbons (Fsp3) is 0.278. The molecule has 1 aliphatic heterocycles. The number of hydrogen-bond donors (Lipinski definition) is 3. The van der Waals surface area contributed by atoms with Crippen molar-refractivity contribution >= 4 is 29.2 Å². The van der Waals surface area contributed by atoms with Crippen LogP contribution in [0.25, 0.3) is 11.3 Å². The summed E-state index contributed by atoms with van der Waals surface area (Å²) >= 11 is 6.23. The molecule has 1 aromatic carbocycles. The molecule has 0 saturated carbocycles. The number of hydrogen-bond acceptors (Lipinski definition) is 6. The lowest BCUT2D eigenvalue weighted by Crippen LogP contribution is -2.29. The van der Waals surface area contributed by atoms with E-state index in [0.717, 1.165) is 37.2 Å². The molecule has 3 heterocycles. The highest BCUT2D eigenvalue weighted by Gasteiger charge is 2.17. The van der Waals surface area contributed by atoms with Gasteiger partial charge in [-0.25, -0.2) is 0 Å². The molecular formula is C18H19ClN6O2. The topological polar surface area (TPSA) is 111 Å². The molecule has 140 valence electrons. The number of carbonyl (C=O) groups is 1. The Morgan fingerprint density at radius 3 is 2.89 bits per heavy atom. The van der Waals surface area contributed by atoms with Gasteiger partial charge < -0.3 is 20.8 Å². The minimum Gasteiger partial charge on any atom is -0.431 e. The van der Waals surface area contributed by atoms with E-state index in [4.69, 9.17) is 26.9 Å². The van der Waals surface area contributed by atoms with Crippen molar-refractivity contribution < 1.29 is 9.21 Å². The Morgan fingerprint density at radius 2 is 2.15 bits per heavy atom. The van der Waals surface area contributed by atoms with E-state index in [0.29, 0.717) is 16.8 Å². The number of nitrogens with one attached hydrogen (secondary N) is 2. The van der Waals surface area contributed by atoms with E-state index in [-0.39, 0.29) is 11.7 Å². The van der Waals surface area contributed by atoms with Crippen molar-refractivity contribution in [3.8, 4) is 11.3 Å². The fourth-order valence-electron chi connectivity index (χ4n) is 3.13. The molecule has 8 nitrogen and oxygen atoms in total. The molecule has 1 amide bonds. The molecular weight excluding hydrogens is 368 g/mol. The summed E-state index contributed by atoms with van der Waals surface area (Å²) < 4.78 is 6.88. The number of nitrogen functional groups attached to an aromatic ring is 1. The number of benzene rings is 1. The average Bonchev–Trinajstić information content (AvgIpc) is 3.34. The Hall–Kier alpha value is -2.84. The summed E-state index contributed by atoms with van der Waals surface area (Å²) in [6, 6.07) is 7.70. The normalized spacial score (nSPS) is 15.0. The zero-order valence-corrected chi connectivity index (χ0v) is 15.2. The molecule has 1 fully saturated rings. The monoisotopic (exact) mass is 386 g/mol. The number of anilines is 2. The standard InChI is InChI=1S/C18H19ClN6O2/c19-13-2-1-11(9-15(13)22-17(26)16-10-27-18(20)23-16)14-5-8-25(24-14)12-3-6-21-7-4-12/h1-2,5,8-10,12,21H,3-4,6-7H2,(H2,20,23)(H,22,26). The van der Waals surface area contributed by atoms with E-state index in [2.05, 4.69) is 15.6 Å². The first-order valence-electron chi connectivity index (χ1n) is 8.68. The van der Waals surface area contributed by atoms with Crippen molar-refractivity contribution in [2.45, 2.75) is 18.9 Å². The van der Waals surface area contributed by atoms with Crippen molar-refractivity contribution in [2.75, 3.05) is 24.1 Å². The molecule has 4 N–H and O–H groups in total. The third-order valence-electron chi connectivity index (χ3n) is 4.56. The average molecular weight is 387 g/mol. The van der Waals surface area contributed by atoms with Crippen LogP contribution >= 0.6 is 11.6 Å². The summed E-state index contributed by atoms with van der Waals surface area (Å²) in [6.45, 7) is 2.01. The van der Waals surface area contributed by atoms with Gasteiger partial charge in [0.25, 0.3) is 11.9 Å². The van der Waals surface area contributed by atoms with Crippen molar-refractivity contribution in [3.05, 3.63) is 47.4 Å². The third kappa shape index (κ3) is 3.81. The van der Waals surface area contributed by atoms with Crippen molar-refractivity contribution in [2.24, 2.45) is 0 Å². The zero-order chi connectivity index (χ0) is 18.8.